The fourth-order valence-electron chi connectivity index (χ4n) is 3.72. The van der Waals surface area contributed by atoms with Gasteiger partial charge in [-0.05, 0) is 42.9 Å². The SMILES string of the molecule is COc1ccc(C[C@@H]2SC(=S)N(CCC3CCCC3)C2=O)cc1C. The molecule has 1 heterocycles. The van der Waals surface area contributed by atoms with Crippen LogP contribution in [0.1, 0.15) is 43.2 Å². The molecule has 0 N–H and O–H groups in total. The van der Waals surface area contributed by atoms with E-state index in [1.54, 1.807) is 18.9 Å². The summed E-state index contributed by atoms with van der Waals surface area (Å²) in [5.41, 5.74) is 2.27. The molecule has 2 fully saturated rings. The maximum Gasteiger partial charge on any atom is 0.241 e. The van der Waals surface area contributed by atoms with Crippen molar-refractivity contribution in [1.29, 1.82) is 0 Å². The highest BCUT2D eigenvalue weighted by Gasteiger charge is 2.36. The van der Waals surface area contributed by atoms with Crippen LogP contribution in [-0.2, 0) is 11.2 Å². The monoisotopic (exact) mass is 363 g/mol. The van der Waals surface area contributed by atoms with E-state index < -0.39 is 0 Å². The van der Waals surface area contributed by atoms with Crippen LogP contribution in [0.3, 0.4) is 0 Å². The minimum atomic E-state index is -0.0751. The number of benzene rings is 1. The number of thioether (sulfide) groups is 1. The van der Waals surface area contributed by atoms with Gasteiger partial charge in [0.2, 0.25) is 5.91 Å². The molecule has 130 valence electrons. The second-order valence-corrected chi connectivity index (χ2v) is 8.65. The zero-order valence-electron chi connectivity index (χ0n) is 14.4. The summed E-state index contributed by atoms with van der Waals surface area (Å²) in [6.45, 7) is 2.83. The topological polar surface area (TPSA) is 29.5 Å². The van der Waals surface area contributed by atoms with E-state index in [-0.39, 0.29) is 11.2 Å². The number of carbonyl (C=O) groups excluding carboxylic acids is 1. The van der Waals surface area contributed by atoms with Crippen molar-refractivity contribution in [2.24, 2.45) is 5.92 Å². The molecule has 0 unspecified atom stereocenters. The summed E-state index contributed by atoms with van der Waals surface area (Å²) >= 11 is 7.02. The molecule has 0 aromatic heterocycles. The number of ether oxygens (including phenoxy) is 1. The molecular formula is C19H25NO2S2. The number of rotatable bonds is 6. The van der Waals surface area contributed by atoms with Crippen LogP contribution in [0.5, 0.6) is 5.75 Å². The van der Waals surface area contributed by atoms with E-state index in [0.29, 0.717) is 0 Å². The number of hydrogen-bond acceptors (Lipinski definition) is 4. The molecule has 1 amide bonds. The Balaban J connectivity index is 1.59. The Bertz CT molecular complexity index is 626. The molecule has 5 heteroatoms. The van der Waals surface area contributed by atoms with Crippen LogP contribution in [0.15, 0.2) is 18.2 Å². The van der Waals surface area contributed by atoms with Gasteiger partial charge < -0.3 is 4.74 Å². The van der Waals surface area contributed by atoms with Crippen LogP contribution < -0.4 is 4.74 Å². The lowest BCUT2D eigenvalue weighted by molar-refractivity contribution is -0.126. The predicted octanol–water partition coefficient (Wildman–Crippen LogP) is 4.36. The lowest BCUT2D eigenvalue weighted by atomic mass is 10.0. The van der Waals surface area contributed by atoms with Gasteiger partial charge in [-0.1, -0.05) is 61.8 Å². The van der Waals surface area contributed by atoms with Gasteiger partial charge in [0.05, 0.1) is 12.4 Å². The van der Waals surface area contributed by atoms with Gasteiger partial charge in [-0.3, -0.25) is 9.69 Å². The van der Waals surface area contributed by atoms with E-state index in [1.165, 1.54) is 31.2 Å². The third-order valence-electron chi connectivity index (χ3n) is 5.12. The van der Waals surface area contributed by atoms with Crippen LogP contribution in [0.25, 0.3) is 0 Å². The first-order valence-electron chi connectivity index (χ1n) is 8.74. The lowest BCUT2D eigenvalue weighted by Gasteiger charge is -2.18. The van der Waals surface area contributed by atoms with E-state index in [2.05, 4.69) is 6.07 Å². The van der Waals surface area contributed by atoms with Gasteiger partial charge in [0.15, 0.2) is 0 Å². The summed E-state index contributed by atoms with van der Waals surface area (Å²) in [5, 5.41) is -0.0751. The van der Waals surface area contributed by atoms with E-state index in [1.807, 2.05) is 24.0 Å². The van der Waals surface area contributed by atoms with Gasteiger partial charge in [-0.25, -0.2) is 0 Å². The van der Waals surface area contributed by atoms with Crippen LogP contribution in [0.2, 0.25) is 0 Å². The first-order chi connectivity index (χ1) is 11.6. The van der Waals surface area contributed by atoms with E-state index in [4.69, 9.17) is 17.0 Å². The van der Waals surface area contributed by atoms with Crippen molar-refractivity contribution in [2.75, 3.05) is 13.7 Å². The molecular weight excluding hydrogens is 338 g/mol. The van der Waals surface area contributed by atoms with Crippen molar-refractivity contribution < 1.29 is 9.53 Å². The van der Waals surface area contributed by atoms with Crippen molar-refractivity contribution >= 4 is 34.2 Å². The predicted molar refractivity (Wildman–Crippen MR) is 104 cm³/mol. The van der Waals surface area contributed by atoms with Gasteiger partial charge in [-0.2, -0.15) is 0 Å². The molecule has 0 bridgehead atoms. The Morgan fingerprint density at radius 2 is 2.08 bits per heavy atom. The standard InChI is InChI=1S/C19H25NO2S2/c1-13-11-15(7-8-16(13)22-2)12-17-18(21)20(19(23)24-17)10-9-14-5-3-4-6-14/h7-8,11,14,17H,3-6,9-10,12H2,1-2H3/t17-/m0/s1. The highest BCUT2D eigenvalue weighted by molar-refractivity contribution is 8.24. The minimum absolute atomic E-state index is 0.0751. The molecule has 0 radical (unpaired) electrons. The number of aryl methyl sites for hydroxylation is 1. The van der Waals surface area contributed by atoms with Gasteiger partial charge in [0, 0.05) is 6.54 Å². The fourth-order valence-corrected chi connectivity index (χ4v) is 5.31. The minimum Gasteiger partial charge on any atom is -0.496 e. The highest BCUT2D eigenvalue weighted by Crippen LogP contribution is 2.33. The Hall–Kier alpha value is -1.07. The van der Waals surface area contributed by atoms with Crippen LogP contribution in [0, 0.1) is 12.8 Å². The quantitative estimate of drug-likeness (QED) is 0.703. The third-order valence-corrected chi connectivity index (χ3v) is 6.70. The second kappa shape index (κ2) is 7.87. The number of amides is 1. The van der Waals surface area contributed by atoms with Crippen molar-refractivity contribution in [3.63, 3.8) is 0 Å². The summed E-state index contributed by atoms with van der Waals surface area (Å²) in [6.07, 6.45) is 7.15. The highest BCUT2D eigenvalue weighted by atomic mass is 32.2. The van der Waals surface area contributed by atoms with Gasteiger partial charge in [0.1, 0.15) is 10.1 Å². The van der Waals surface area contributed by atoms with Crippen LogP contribution >= 0.6 is 24.0 Å². The molecule has 2 aliphatic rings. The zero-order valence-corrected chi connectivity index (χ0v) is 16.0. The Morgan fingerprint density at radius 3 is 2.75 bits per heavy atom. The second-order valence-electron chi connectivity index (χ2n) is 6.81. The summed E-state index contributed by atoms with van der Waals surface area (Å²) < 4.78 is 6.06. The molecule has 1 atom stereocenters. The maximum absolute atomic E-state index is 12.7. The van der Waals surface area contributed by atoms with E-state index in [0.717, 1.165) is 40.9 Å². The number of nitrogens with zero attached hydrogens (tertiary/aromatic N) is 1. The van der Waals surface area contributed by atoms with E-state index >= 15 is 0 Å². The molecule has 1 saturated carbocycles. The first kappa shape index (κ1) is 17.7. The zero-order chi connectivity index (χ0) is 17.1. The molecule has 24 heavy (non-hydrogen) atoms. The number of thiocarbonyl (C=S) groups is 1. The van der Waals surface area contributed by atoms with Crippen molar-refractivity contribution in [1.82, 2.24) is 4.90 Å². The lowest BCUT2D eigenvalue weighted by Crippen LogP contribution is -2.33. The molecule has 3 rings (SSSR count). The van der Waals surface area contributed by atoms with Crippen molar-refractivity contribution in [2.45, 2.75) is 50.7 Å². The summed E-state index contributed by atoms with van der Waals surface area (Å²) in [4.78, 5) is 14.6. The molecule has 1 aromatic carbocycles. The maximum atomic E-state index is 12.7. The third kappa shape index (κ3) is 3.94. The Labute approximate surface area is 154 Å². The molecule has 1 aliphatic heterocycles. The molecule has 0 spiro atoms. The average molecular weight is 364 g/mol. The number of carbonyl (C=O) groups is 1. The van der Waals surface area contributed by atoms with Crippen LogP contribution in [-0.4, -0.2) is 34.0 Å². The van der Waals surface area contributed by atoms with Crippen LogP contribution in [0.4, 0.5) is 0 Å². The Kier molecular flexibility index (Phi) is 5.82. The normalized spacial score (nSPS) is 21.8. The van der Waals surface area contributed by atoms with Gasteiger partial charge >= 0.3 is 0 Å². The Morgan fingerprint density at radius 1 is 1.33 bits per heavy atom. The average Bonchev–Trinajstić information content (AvgIpc) is 3.15. The molecule has 3 nitrogen and oxygen atoms in total. The first-order valence-corrected chi connectivity index (χ1v) is 10.0. The smallest absolute Gasteiger partial charge is 0.241 e. The molecule has 1 aliphatic carbocycles. The molecule has 1 aromatic rings. The van der Waals surface area contributed by atoms with Gasteiger partial charge in [0.25, 0.3) is 0 Å². The van der Waals surface area contributed by atoms with E-state index in [9.17, 15) is 4.79 Å². The molecule has 1 saturated heterocycles. The fraction of sp³-hybridized carbons (Fsp3) is 0.579. The number of methoxy groups -OCH3 is 1. The summed E-state index contributed by atoms with van der Waals surface area (Å²) in [7, 11) is 1.68. The van der Waals surface area contributed by atoms with Crippen molar-refractivity contribution in [3.8, 4) is 5.75 Å². The summed E-state index contributed by atoms with van der Waals surface area (Å²) in [5.74, 6) is 1.86. The summed E-state index contributed by atoms with van der Waals surface area (Å²) in [6, 6.07) is 6.13. The van der Waals surface area contributed by atoms with Crippen molar-refractivity contribution in [3.05, 3.63) is 29.3 Å². The van der Waals surface area contributed by atoms with Gasteiger partial charge in [-0.15, -0.1) is 0 Å². The number of hydrogen-bond donors (Lipinski definition) is 0. The largest absolute Gasteiger partial charge is 0.496 e.